The summed E-state index contributed by atoms with van der Waals surface area (Å²) in [6, 6.07) is 13.0. The summed E-state index contributed by atoms with van der Waals surface area (Å²) in [5.41, 5.74) is 1.78. The summed E-state index contributed by atoms with van der Waals surface area (Å²) < 4.78 is 26.8. The van der Waals surface area contributed by atoms with E-state index in [0.717, 1.165) is 11.3 Å². The van der Waals surface area contributed by atoms with Crippen LogP contribution in [0.1, 0.15) is 26.3 Å². The van der Waals surface area contributed by atoms with Crippen LogP contribution in [0.3, 0.4) is 0 Å². The number of hydrogen-bond acceptors (Lipinski definition) is 4. The van der Waals surface area contributed by atoms with Crippen molar-refractivity contribution >= 4 is 21.5 Å². The molecule has 0 atom stereocenters. The van der Waals surface area contributed by atoms with Crippen molar-refractivity contribution < 1.29 is 8.42 Å². The quantitative estimate of drug-likeness (QED) is 0.851. The molecule has 0 aliphatic carbocycles. The van der Waals surface area contributed by atoms with Crippen molar-refractivity contribution in [2.75, 3.05) is 15.8 Å². The molecule has 0 unspecified atom stereocenters. The minimum atomic E-state index is -3.41. The van der Waals surface area contributed by atoms with Crippen LogP contribution in [0.25, 0.3) is 0 Å². The first kappa shape index (κ1) is 17.3. The van der Waals surface area contributed by atoms with Gasteiger partial charge in [-0.3, -0.25) is 4.72 Å². The van der Waals surface area contributed by atoms with Crippen molar-refractivity contribution in [3.8, 4) is 0 Å². The summed E-state index contributed by atoms with van der Waals surface area (Å²) in [4.78, 5) is 4.15. The lowest BCUT2D eigenvalue weighted by Crippen LogP contribution is -2.26. The van der Waals surface area contributed by atoms with Crippen LogP contribution in [0.2, 0.25) is 0 Å². The van der Waals surface area contributed by atoms with Crippen molar-refractivity contribution in [2.24, 2.45) is 0 Å². The average molecular weight is 333 g/mol. The number of nitrogens with zero attached hydrogens (tertiary/aromatic N) is 1. The highest BCUT2D eigenvalue weighted by Gasteiger charge is 2.13. The van der Waals surface area contributed by atoms with Crippen LogP contribution in [0.5, 0.6) is 0 Å². The molecule has 0 aliphatic rings. The van der Waals surface area contributed by atoms with E-state index < -0.39 is 10.0 Å². The molecule has 0 bridgehead atoms. The van der Waals surface area contributed by atoms with Gasteiger partial charge in [-0.15, -0.1) is 0 Å². The Balaban J connectivity index is 1.95. The fourth-order valence-electron chi connectivity index (χ4n) is 2.07. The number of benzene rings is 1. The van der Waals surface area contributed by atoms with E-state index in [-0.39, 0.29) is 11.3 Å². The molecule has 0 spiro atoms. The lowest BCUT2D eigenvalue weighted by atomic mass is 10.1. The maximum absolute atomic E-state index is 12.1. The first-order chi connectivity index (χ1) is 10.7. The van der Waals surface area contributed by atoms with E-state index in [2.05, 4.69) is 15.0 Å². The van der Waals surface area contributed by atoms with Crippen LogP contribution < -0.4 is 10.0 Å². The van der Waals surface area contributed by atoms with Gasteiger partial charge >= 0.3 is 0 Å². The largest absolute Gasteiger partial charge is 0.379 e. The standard InChI is InChI=1S/C17H23N3O2S/c1-17(2,3)19-15-9-10-16(18-13-15)20-23(21,22)12-11-14-7-5-4-6-8-14/h4-10,13,19H,11-12H2,1-3H3,(H,18,20). The third kappa shape index (κ3) is 6.28. The van der Waals surface area contributed by atoms with Crippen LogP contribution in [-0.4, -0.2) is 24.7 Å². The third-order valence-corrected chi connectivity index (χ3v) is 4.31. The summed E-state index contributed by atoms with van der Waals surface area (Å²) >= 11 is 0. The predicted octanol–water partition coefficient (Wildman–Crippen LogP) is 3.28. The Morgan fingerprint density at radius 2 is 1.74 bits per heavy atom. The van der Waals surface area contributed by atoms with Gasteiger partial charge in [-0.05, 0) is 44.9 Å². The molecule has 0 saturated heterocycles. The molecule has 2 aromatic rings. The molecule has 6 heteroatoms. The molecule has 0 saturated carbocycles. The van der Waals surface area contributed by atoms with E-state index in [1.807, 2.05) is 57.2 Å². The third-order valence-electron chi connectivity index (χ3n) is 3.05. The van der Waals surface area contributed by atoms with E-state index in [1.54, 1.807) is 12.3 Å². The fraction of sp³-hybridized carbons (Fsp3) is 0.353. The van der Waals surface area contributed by atoms with Gasteiger partial charge in [0, 0.05) is 5.54 Å². The van der Waals surface area contributed by atoms with Gasteiger partial charge < -0.3 is 5.32 Å². The Morgan fingerprint density at radius 3 is 2.30 bits per heavy atom. The zero-order valence-electron chi connectivity index (χ0n) is 13.7. The molecule has 1 aromatic heterocycles. The molecular weight excluding hydrogens is 310 g/mol. The zero-order valence-corrected chi connectivity index (χ0v) is 14.5. The van der Waals surface area contributed by atoms with Crippen molar-refractivity contribution in [2.45, 2.75) is 32.7 Å². The van der Waals surface area contributed by atoms with E-state index in [9.17, 15) is 8.42 Å². The smallest absolute Gasteiger partial charge is 0.234 e. The van der Waals surface area contributed by atoms with Crippen LogP contribution in [0.15, 0.2) is 48.7 Å². The molecular formula is C17H23N3O2S. The fourth-order valence-corrected chi connectivity index (χ4v) is 3.11. The predicted molar refractivity (Wildman–Crippen MR) is 95.2 cm³/mol. The van der Waals surface area contributed by atoms with Gasteiger partial charge in [0.05, 0.1) is 17.6 Å². The molecule has 23 heavy (non-hydrogen) atoms. The SMILES string of the molecule is CC(C)(C)Nc1ccc(NS(=O)(=O)CCc2ccccc2)nc1. The van der Waals surface area contributed by atoms with E-state index in [4.69, 9.17) is 0 Å². The number of nitrogens with one attached hydrogen (secondary N) is 2. The molecule has 2 rings (SSSR count). The Labute approximate surface area is 138 Å². The molecule has 0 radical (unpaired) electrons. The Bertz CT molecular complexity index is 721. The lowest BCUT2D eigenvalue weighted by molar-refractivity contribution is 0.600. The van der Waals surface area contributed by atoms with E-state index >= 15 is 0 Å². The molecule has 1 heterocycles. The summed E-state index contributed by atoms with van der Waals surface area (Å²) in [6.07, 6.45) is 2.10. The number of aryl methyl sites for hydroxylation is 1. The molecule has 0 amide bonds. The minimum absolute atomic E-state index is 0.0285. The molecule has 124 valence electrons. The van der Waals surface area contributed by atoms with Gasteiger partial charge in [-0.2, -0.15) is 0 Å². The van der Waals surface area contributed by atoms with Crippen LogP contribution in [0, 0.1) is 0 Å². The van der Waals surface area contributed by atoms with Gasteiger partial charge in [0.1, 0.15) is 5.82 Å². The number of hydrogen-bond donors (Lipinski definition) is 2. The zero-order chi connectivity index (χ0) is 16.9. The van der Waals surface area contributed by atoms with Gasteiger partial charge in [-0.1, -0.05) is 30.3 Å². The molecule has 0 aliphatic heterocycles. The minimum Gasteiger partial charge on any atom is -0.379 e. The van der Waals surface area contributed by atoms with Crippen molar-refractivity contribution in [3.05, 3.63) is 54.2 Å². The van der Waals surface area contributed by atoms with Crippen molar-refractivity contribution in [1.82, 2.24) is 4.98 Å². The van der Waals surface area contributed by atoms with Crippen molar-refractivity contribution in [1.29, 1.82) is 0 Å². The Morgan fingerprint density at radius 1 is 1.04 bits per heavy atom. The Hall–Kier alpha value is -2.08. The number of sulfonamides is 1. The summed E-state index contributed by atoms with van der Waals surface area (Å²) in [7, 11) is -3.41. The van der Waals surface area contributed by atoms with Gasteiger partial charge in [-0.25, -0.2) is 13.4 Å². The molecule has 5 nitrogen and oxygen atoms in total. The highest BCUT2D eigenvalue weighted by atomic mass is 32.2. The maximum atomic E-state index is 12.1. The second-order valence-corrected chi connectivity index (χ2v) is 8.31. The first-order valence-electron chi connectivity index (χ1n) is 7.52. The topological polar surface area (TPSA) is 71.1 Å². The average Bonchev–Trinajstić information content (AvgIpc) is 2.47. The number of anilines is 2. The van der Waals surface area contributed by atoms with Crippen LogP contribution in [-0.2, 0) is 16.4 Å². The second-order valence-electron chi connectivity index (χ2n) is 6.46. The van der Waals surface area contributed by atoms with E-state index in [0.29, 0.717) is 12.2 Å². The molecule has 2 N–H and O–H groups in total. The first-order valence-corrected chi connectivity index (χ1v) is 9.17. The highest BCUT2D eigenvalue weighted by Crippen LogP contribution is 2.16. The molecule has 0 fully saturated rings. The maximum Gasteiger partial charge on any atom is 0.234 e. The number of rotatable bonds is 6. The van der Waals surface area contributed by atoms with Gasteiger partial charge in [0.2, 0.25) is 10.0 Å². The second kappa shape index (κ2) is 7.00. The lowest BCUT2D eigenvalue weighted by Gasteiger charge is -2.21. The molecule has 1 aromatic carbocycles. The number of pyridine rings is 1. The van der Waals surface area contributed by atoms with Crippen LogP contribution in [0.4, 0.5) is 11.5 Å². The summed E-state index contributed by atoms with van der Waals surface area (Å²) in [5.74, 6) is 0.359. The number of aromatic nitrogens is 1. The van der Waals surface area contributed by atoms with Crippen molar-refractivity contribution in [3.63, 3.8) is 0 Å². The van der Waals surface area contributed by atoms with Gasteiger partial charge in [0.15, 0.2) is 0 Å². The van der Waals surface area contributed by atoms with Crippen LogP contribution >= 0.6 is 0 Å². The normalized spacial score (nSPS) is 12.0. The summed E-state index contributed by atoms with van der Waals surface area (Å²) in [6.45, 7) is 6.15. The van der Waals surface area contributed by atoms with E-state index in [1.165, 1.54) is 0 Å². The summed E-state index contributed by atoms with van der Waals surface area (Å²) in [5, 5.41) is 3.28. The highest BCUT2D eigenvalue weighted by molar-refractivity contribution is 7.92. The van der Waals surface area contributed by atoms with Gasteiger partial charge in [0.25, 0.3) is 0 Å². The Kier molecular flexibility index (Phi) is 5.26. The monoisotopic (exact) mass is 333 g/mol.